The SMILES string of the molecule is CCCNc1ncnc(NCCc2ccnn2C)c1C. The van der Waals surface area contributed by atoms with E-state index in [2.05, 4.69) is 32.6 Å². The van der Waals surface area contributed by atoms with Crippen LogP contribution in [-0.2, 0) is 13.5 Å². The zero-order chi connectivity index (χ0) is 14.4. The smallest absolute Gasteiger partial charge is 0.134 e. The van der Waals surface area contributed by atoms with Gasteiger partial charge in [0.15, 0.2) is 0 Å². The molecule has 0 aliphatic carbocycles. The summed E-state index contributed by atoms with van der Waals surface area (Å²) in [5.74, 6) is 1.80. The van der Waals surface area contributed by atoms with Crippen LogP contribution >= 0.6 is 0 Å². The maximum atomic E-state index is 4.30. The van der Waals surface area contributed by atoms with Gasteiger partial charge in [-0.2, -0.15) is 5.10 Å². The Hall–Kier alpha value is -2.11. The Morgan fingerprint density at radius 1 is 1.15 bits per heavy atom. The molecule has 6 heteroatoms. The molecule has 6 nitrogen and oxygen atoms in total. The lowest BCUT2D eigenvalue weighted by Crippen LogP contribution is -2.12. The van der Waals surface area contributed by atoms with E-state index < -0.39 is 0 Å². The lowest BCUT2D eigenvalue weighted by atomic mass is 10.2. The van der Waals surface area contributed by atoms with Crippen LogP contribution in [0.15, 0.2) is 18.6 Å². The van der Waals surface area contributed by atoms with E-state index in [9.17, 15) is 0 Å². The average Bonchev–Trinajstić information content (AvgIpc) is 2.85. The molecule has 0 amide bonds. The quantitative estimate of drug-likeness (QED) is 0.808. The Balaban J connectivity index is 1.94. The maximum Gasteiger partial charge on any atom is 0.134 e. The molecule has 0 spiro atoms. The van der Waals surface area contributed by atoms with Crippen molar-refractivity contribution in [3.05, 3.63) is 29.8 Å². The molecule has 0 bridgehead atoms. The normalized spacial score (nSPS) is 10.6. The molecule has 108 valence electrons. The number of hydrogen-bond donors (Lipinski definition) is 2. The molecule has 2 N–H and O–H groups in total. The first-order valence-corrected chi connectivity index (χ1v) is 6.98. The minimum Gasteiger partial charge on any atom is -0.370 e. The Morgan fingerprint density at radius 3 is 2.45 bits per heavy atom. The minimum atomic E-state index is 0.824. The number of anilines is 2. The van der Waals surface area contributed by atoms with E-state index >= 15 is 0 Å². The zero-order valence-electron chi connectivity index (χ0n) is 12.3. The van der Waals surface area contributed by atoms with Gasteiger partial charge in [0.25, 0.3) is 0 Å². The van der Waals surface area contributed by atoms with Crippen molar-refractivity contribution >= 4 is 11.6 Å². The van der Waals surface area contributed by atoms with Crippen molar-refractivity contribution in [3.8, 4) is 0 Å². The third-order valence-electron chi connectivity index (χ3n) is 3.22. The summed E-state index contributed by atoms with van der Waals surface area (Å²) in [4.78, 5) is 8.58. The lowest BCUT2D eigenvalue weighted by molar-refractivity contribution is 0.711. The van der Waals surface area contributed by atoms with Crippen LogP contribution in [0.3, 0.4) is 0 Å². The van der Waals surface area contributed by atoms with E-state index in [1.807, 2.05) is 30.9 Å². The highest BCUT2D eigenvalue weighted by Gasteiger charge is 2.06. The van der Waals surface area contributed by atoms with Crippen LogP contribution in [0.25, 0.3) is 0 Å². The van der Waals surface area contributed by atoms with Crippen molar-refractivity contribution < 1.29 is 0 Å². The summed E-state index contributed by atoms with van der Waals surface area (Å²) < 4.78 is 1.89. The number of aromatic nitrogens is 4. The van der Waals surface area contributed by atoms with Crippen LogP contribution in [-0.4, -0.2) is 32.8 Å². The maximum absolute atomic E-state index is 4.30. The van der Waals surface area contributed by atoms with Crippen LogP contribution in [0.5, 0.6) is 0 Å². The molecule has 0 fully saturated rings. The second kappa shape index (κ2) is 6.88. The fraction of sp³-hybridized carbons (Fsp3) is 0.500. The predicted octanol–water partition coefficient (Wildman–Crippen LogP) is 2.00. The molecule has 2 aromatic heterocycles. The lowest BCUT2D eigenvalue weighted by Gasteiger charge is -2.12. The first-order valence-electron chi connectivity index (χ1n) is 6.98. The first kappa shape index (κ1) is 14.3. The summed E-state index contributed by atoms with van der Waals surface area (Å²) in [5, 5.41) is 10.8. The van der Waals surface area contributed by atoms with Gasteiger partial charge in [-0.1, -0.05) is 6.92 Å². The van der Waals surface area contributed by atoms with E-state index in [0.29, 0.717) is 0 Å². The molecule has 0 radical (unpaired) electrons. The van der Waals surface area contributed by atoms with Crippen molar-refractivity contribution in [1.29, 1.82) is 0 Å². The van der Waals surface area contributed by atoms with Gasteiger partial charge in [0.1, 0.15) is 18.0 Å². The van der Waals surface area contributed by atoms with Gasteiger partial charge in [-0.3, -0.25) is 4.68 Å². The van der Waals surface area contributed by atoms with Crippen LogP contribution in [0, 0.1) is 6.92 Å². The van der Waals surface area contributed by atoms with Crippen molar-refractivity contribution in [2.45, 2.75) is 26.7 Å². The van der Waals surface area contributed by atoms with Crippen molar-refractivity contribution in [1.82, 2.24) is 19.7 Å². The fourth-order valence-corrected chi connectivity index (χ4v) is 2.01. The van der Waals surface area contributed by atoms with Crippen LogP contribution < -0.4 is 10.6 Å². The molecule has 0 unspecified atom stereocenters. The molecule has 0 atom stereocenters. The summed E-state index contributed by atoms with van der Waals surface area (Å²) in [6.45, 7) is 5.91. The van der Waals surface area contributed by atoms with Crippen LogP contribution in [0.4, 0.5) is 11.6 Å². The van der Waals surface area contributed by atoms with Crippen molar-refractivity contribution in [3.63, 3.8) is 0 Å². The monoisotopic (exact) mass is 274 g/mol. The molecule has 0 aliphatic rings. The zero-order valence-corrected chi connectivity index (χ0v) is 12.3. The van der Waals surface area contributed by atoms with Gasteiger partial charge in [-0.05, 0) is 19.4 Å². The van der Waals surface area contributed by atoms with Gasteiger partial charge in [0.2, 0.25) is 0 Å². The summed E-state index contributed by atoms with van der Waals surface area (Å²) >= 11 is 0. The topological polar surface area (TPSA) is 67.7 Å². The van der Waals surface area contributed by atoms with Gasteiger partial charge >= 0.3 is 0 Å². The first-order chi connectivity index (χ1) is 9.72. The number of nitrogens with one attached hydrogen (secondary N) is 2. The Bertz CT molecular complexity index is 548. The molecule has 2 rings (SSSR count). The summed E-state index contributed by atoms with van der Waals surface area (Å²) in [5.41, 5.74) is 2.26. The number of hydrogen-bond acceptors (Lipinski definition) is 5. The van der Waals surface area contributed by atoms with E-state index in [4.69, 9.17) is 0 Å². The second-order valence-electron chi connectivity index (χ2n) is 4.75. The van der Waals surface area contributed by atoms with Crippen LogP contribution in [0.1, 0.15) is 24.6 Å². The highest BCUT2D eigenvalue weighted by Crippen LogP contribution is 2.17. The van der Waals surface area contributed by atoms with Gasteiger partial charge < -0.3 is 10.6 Å². The predicted molar refractivity (Wildman–Crippen MR) is 81.0 cm³/mol. The molecule has 0 saturated carbocycles. The van der Waals surface area contributed by atoms with E-state index in [0.717, 1.165) is 43.1 Å². The number of nitrogens with zero attached hydrogens (tertiary/aromatic N) is 4. The largest absolute Gasteiger partial charge is 0.370 e. The van der Waals surface area contributed by atoms with Gasteiger partial charge in [0, 0.05) is 44.0 Å². The second-order valence-corrected chi connectivity index (χ2v) is 4.75. The molecule has 2 heterocycles. The third-order valence-corrected chi connectivity index (χ3v) is 3.22. The van der Waals surface area contributed by atoms with Crippen LogP contribution in [0.2, 0.25) is 0 Å². The minimum absolute atomic E-state index is 0.824. The number of rotatable bonds is 7. The Morgan fingerprint density at radius 2 is 1.85 bits per heavy atom. The summed E-state index contributed by atoms with van der Waals surface area (Å²) in [7, 11) is 1.96. The summed E-state index contributed by atoms with van der Waals surface area (Å²) in [6.07, 6.45) is 5.40. The molecule has 20 heavy (non-hydrogen) atoms. The van der Waals surface area contributed by atoms with Gasteiger partial charge in [-0.25, -0.2) is 9.97 Å². The fourth-order valence-electron chi connectivity index (χ4n) is 2.01. The highest BCUT2D eigenvalue weighted by molar-refractivity contribution is 5.56. The molecule has 0 aliphatic heterocycles. The molecular weight excluding hydrogens is 252 g/mol. The third kappa shape index (κ3) is 3.46. The van der Waals surface area contributed by atoms with Gasteiger partial charge in [0.05, 0.1) is 0 Å². The molecular formula is C14H22N6. The summed E-state index contributed by atoms with van der Waals surface area (Å²) in [6, 6.07) is 2.03. The van der Waals surface area contributed by atoms with E-state index in [-0.39, 0.29) is 0 Å². The Kier molecular flexibility index (Phi) is 4.92. The van der Waals surface area contributed by atoms with E-state index in [1.54, 1.807) is 6.33 Å². The Labute approximate surface area is 119 Å². The average molecular weight is 274 g/mol. The van der Waals surface area contributed by atoms with Crippen molar-refractivity contribution in [2.75, 3.05) is 23.7 Å². The number of aryl methyl sites for hydroxylation is 1. The standard InChI is InChI=1S/C14H22N6/c1-4-7-15-13-11(2)14(18-10-17-13)16-8-5-12-6-9-19-20(12)3/h6,9-10H,4-5,7-8H2,1-3H3,(H2,15,16,17,18). The van der Waals surface area contributed by atoms with E-state index in [1.165, 1.54) is 5.69 Å². The highest BCUT2D eigenvalue weighted by atomic mass is 15.3. The molecule has 2 aromatic rings. The molecule has 0 saturated heterocycles. The molecule has 0 aromatic carbocycles. The van der Waals surface area contributed by atoms with Gasteiger partial charge in [-0.15, -0.1) is 0 Å². The van der Waals surface area contributed by atoms with Crippen molar-refractivity contribution in [2.24, 2.45) is 7.05 Å².